The van der Waals surface area contributed by atoms with Crippen LogP contribution in [0.25, 0.3) is 16.6 Å². The third-order valence-electron chi connectivity index (χ3n) is 7.81. The van der Waals surface area contributed by atoms with Gasteiger partial charge in [0.25, 0.3) is 5.91 Å². The number of pyridine rings is 2. The normalized spacial score (nSPS) is 14.0. The Labute approximate surface area is 261 Å². The molecule has 1 aliphatic rings. The lowest BCUT2D eigenvalue weighted by molar-refractivity contribution is -0.153. The summed E-state index contributed by atoms with van der Waals surface area (Å²) in [5.74, 6) is -2.59. The van der Waals surface area contributed by atoms with Gasteiger partial charge in [0.2, 0.25) is 5.76 Å². The summed E-state index contributed by atoms with van der Waals surface area (Å²) in [7, 11) is 1.38. The van der Waals surface area contributed by atoms with E-state index in [1.54, 1.807) is 44.2 Å². The molecule has 0 saturated carbocycles. The van der Waals surface area contributed by atoms with E-state index in [0.29, 0.717) is 34.5 Å². The molecular weight excluding hydrogens is 611 g/mol. The number of allylic oxidation sites excluding steroid dienone is 3. The first kappa shape index (κ1) is 31.8. The largest absolute Gasteiger partial charge is 0.494 e. The van der Waals surface area contributed by atoms with Gasteiger partial charge >= 0.3 is 12.1 Å². The molecule has 5 rings (SSSR count). The third-order valence-corrected chi connectivity index (χ3v) is 8.18. The van der Waals surface area contributed by atoms with Gasteiger partial charge in [0.15, 0.2) is 5.75 Å². The fraction of sp³-hybridized carbons (Fsp3) is 0.273. The predicted molar refractivity (Wildman–Crippen MR) is 162 cm³/mol. The summed E-state index contributed by atoms with van der Waals surface area (Å²) in [5.41, 5.74) is 2.75. The molecule has 3 heterocycles. The number of rotatable bonds is 9. The number of halogens is 4. The van der Waals surface area contributed by atoms with E-state index in [1.807, 2.05) is 12.1 Å². The number of amides is 1. The van der Waals surface area contributed by atoms with Gasteiger partial charge in [-0.3, -0.25) is 19.6 Å². The van der Waals surface area contributed by atoms with Crippen LogP contribution in [0.3, 0.4) is 0 Å². The average Bonchev–Trinajstić information content (AvgIpc) is 3.50. The van der Waals surface area contributed by atoms with Crippen molar-refractivity contribution in [3.63, 3.8) is 0 Å². The van der Waals surface area contributed by atoms with Crippen LogP contribution in [-0.2, 0) is 22.9 Å². The molecule has 0 bridgehead atoms. The Morgan fingerprint density at radius 2 is 1.84 bits per heavy atom. The van der Waals surface area contributed by atoms with Crippen molar-refractivity contribution in [1.29, 1.82) is 0 Å². The number of benzene rings is 1. The van der Waals surface area contributed by atoms with Gasteiger partial charge in [0, 0.05) is 17.8 Å². The molecule has 45 heavy (non-hydrogen) atoms. The van der Waals surface area contributed by atoms with Crippen LogP contribution in [0.15, 0.2) is 82.0 Å². The zero-order chi connectivity index (χ0) is 32.5. The van der Waals surface area contributed by atoms with Crippen molar-refractivity contribution in [3.05, 3.63) is 106 Å². The van der Waals surface area contributed by atoms with E-state index < -0.39 is 29.2 Å². The van der Waals surface area contributed by atoms with E-state index in [0.717, 1.165) is 17.2 Å². The fourth-order valence-corrected chi connectivity index (χ4v) is 5.39. The van der Waals surface area contributed by atoms with Crippen LogP contribution < -0.4 is 4.74 Å². The van der Waals surface area contributed by atoms with Crippen LogP contribution in [0.1, 0.15) is 59.7 Å². The van der Waals surface area contributed by atoms with Crippen molar-refractivity contribution in [1.82, 2.24) is 14.9 Å². The highest BCUT2D eigenvalue weighted by atomic mass is 35.5. The molecule has 0 atom stereocenters. The number of carbonyl (C=O) groups excluding carboxylic acids is 1. The summed E-state index contributed by atoms with van der Waals surface area (Å²) < 4.78 is 50.4. The molecular formula is C33H29ClF3N3O5. The Hall–Kier alpha value is -4.64. The van der Waals surface area contributed by atoms with Gasteiger partial charge in [-0.15, -0.1) is 0 Å². The Morgan fingerprint density at radius 3 is 2.51 bits per heavy atom. The van der Waals surface area contributed by atoms with Crippen molar-refractivity contribution in [2.24, 2.45) is 0 Å². The van der Waals surface area contributed by atoms with Gasteiger partial charge < -0.3 is 19.2 Å². The van der Waals surface area contributed by atoms with Crippen LogP contribution in [0.2, 0.25) is 0 Å². The number of aromatic nitrogens is 2. The van der Waals surface area contributed by atoms with Crippen LogP contribution in [0.4, 0.5) is 13.2 Å². The molecule has 0 unspecified atom stereocenters. The highest BCUT2D eigenvalue weighted by molar-refractivity contribution is 6.32. The molecule has 1 amide bonds. The SMILES string of the molecule is COc1cnc2cccnc2c1C(=O)N(CC1=C(Cl)C=C(c2cccc(C(C)(C)C(=O)O)c2)CC1)Cc1ccc(C(F)(F)F)o1. The van der Waals surface area contributed by atoms with Crippen LogP contribution in [0.5, 0.6) is 5.75 Å². The van der Waals surface area contributed by atoms with E-state index in [1.165, 1.54) is 30.5 Å². The lowest BCUT2D eigenvalue weighted by Crippen LogP contribution is -2.33. The zero-order valence-corrected chi connectivity index (χ0v) is 25.4. The second-order valence-corrected chi connectivity index (χ2v) is 11.5. The maximum atomic E-state index is 14.2. The number of nitrogens with zero attached hydrogens (tertiary/aromatic N) is 3. The minimum absolute atomic E-state index is 0.0185. The number of carboxylic acid groups (broad SMARTS) is 1. The molecule has 0 spiro atoms. The van der Waals surface area contributed by atoms with E-state index >= 15 is 0 Å². The van der Waals surface area contributed by atoms with Crippen LogP contribution in [-0.4, -0.2) is 45.5 Å². The minimum Gasteiger partial charge on any atom is -0.494 e. The smallest absolute Gasteiger partial charge is 0.449 e. The van der Waals surface area contributed by atoms with Crippen molar-refractivity contribution in [2.45, 2.75) is 44.8 Å². The summed E-state index contributed by atoms with van der Waals surface area (Å²) in [4.78, 5) is 36.0. The molecule has 1 aromatic carbocycles. The monoisotopic (exact) mass is 639 g/mol. The number of hydrogen-bond acceptors (Lipinski definition) is 6. The molecule has 0 saturated heterocycles. The summed E-state index contributed by atoms with van der Waals surface area (Å²) in [6.07, 6.45) is 0.966. The first-order chi connectivity index (χ1) is 21.3. The molecule has 1 aliphatic carbocycles. The number of aliphatic carboxylic acids is 1. The Morgan fingerprint density at radius 1 is 1.07 bits per heavy atom. The third kappa shape index (κ3) is 6.58. The van der Waals surface area contributed by atoms with Crippen molar-refractivity contribution >= 4 is 40.1 Å². The van der Waals surface area contributed by atoms with E-state index in [9.17, 15) is 27.9 Å². The molecule has 0 aliphatic heterocycles. The number of carbonyl (C=O) groups is 2. The summed E-state index contributed by atoms with van der Waals surface area (Å²) in [6, 6.07) is 12.6. The Balaban J connectivity index is 1.52. The second kappa shape index (κ2) is 12.4. The fourth-order valence-electron chi connectivity index (χ4n) is 5.10. The minimum atomic E-state index is -4.69. The Kier molecular flexibility index (Phi) is 8.75. The molecule has 4 aromatic rings. The number of furan rings is 1. The predicted octanol–water partition coefficient (Wildman–Crippen LogP) is 7.63. The summed E-state index contributed by atoms with van der Waals surface area (Å²) in [6.45, 7) is 2.96. The summed E-state index contributed by atoms with van der Waals surface area (Å²) in [5, 5.41) is 10.0. The van der Waals surface area contributed by atoms with E-state index in [2.05, 4.69) is 9.97 Å². The number of ether oxygens (including phenoxy) is 1. The first-order valence-electron chi connectivity index (χ1n) is 13.9. The molecule has 12 heteroatoms. The Bertz CT molecular complexity index is 1840. The number of alkyl halides is 3. The van der Waals surface area contributed by atoms with Gasteiger partial charge in [-0.1, -0.05) is 35.9 Å². The average molecular weight is 640 g/mol. The summed E-state index contributed by atoms with van der Waals surface area (Å²) >= 11 is 6.77. The van der Waals surface area contributed by atoms with E-state index in [4.69, 9.17) is 20.8 Å². The van der Waals surface area contributed by atoms with Crippen molar-refractivity contribution in [3.8, 4) is 5.75 Å². The van der Waals surface area contributed by atoms with Crippen molar-refractivity contribution < 1.29 is 37.0 Å². The molecule has 3 aromatic heterocycles. The van der Waals surface area contributed by atoms with Gasteiger partial charge in [0.1, 0.15) is 16.8 Å². The van der Waals surface area contributed by atoms with Crippen LogP contribution in [0, 0.1) is 0 Å². The maximum Gasteiger partial charge on any atom is 0.449 e. The van der Waals surface area contributed by atoms with Crippen LogP contribution >= 0.6 is 11.6 Å². The maximum absolute atomic E-state index is 14.2. The van der Waals surface area contributed by atoms with Crippen molar-refractivity contribution in [2.75, 3.05) is 13.7 Å². The lowest BCUT2D eigenvalue weighted by atomic mass is 9.82. The second-order valence-electron chi connectivity index (χ2n) is 11.1. The number of fused-ring (bicyclic) bond motifs is 1. The molecule has 8 nitrogen and oxygen atoms in total. The number of carboxylic acids is 1. The van der Waals surface area contributed by atoms with Gasteiger partial charge in [-0.2, -0.15) is 13.2 Å². The number of hydrogen-bond donors (Lipinski definition) is 1. The molecule has 234 valence electrons. The number of methoxy groups -OCH3 is 1. The highest BCUT2D eigenvalue weighted by Gasteiger charge is 2.35. The highest BCUT2D eigenvalue weighted by Crippen LogP contribution is 2.36. The molecule has 1 N–H and O–H groups in total. The topological polar surface area (TPSA) is 106 Å². The lowest BCUT2D eigenvalue weighted by Gasteiger charge is -2.27. The zero-order valence-electron chi connectivity index (χ0n) is 24.6. The first-order valence-corrected chi connectivity index (χ1v) is 14.3. The van der Waals surface area contributed by atoms with Gasteiger partial charge in [-0.25, -0.2) is 0 Å². The molecule has 0 fully saturated rings. The van der Waals surface area contributed by atoms with E-state index in [-0.39, 0.29) is 35.7 Å². The molecule has 0 radical (unpaired) electrons. The quantitative estimate of drug-likeness (QED) is 0.201. The van der Waals surface area contributed by atoms with Gasteiger partial charge in [0.05, 0.1) is 30.8 Å². The standard InChI is InChI=1S/C33H29ClF3N3O5/c1-32(2,31(42)43)22-7-4-6-19(14-22)20-9-10-21(24(34)15-20)17-40(18-23-11-12-27(45-23)33(35,36)37)30(41)28-26(44-3)16-39-25-8-5-13-38-29(25)28/h4-8,11-16H,9-10,17-18H2,1-3H3,(H,42,43). The van der Waals surface area contributed by atoms with Gasteiger partial charge in [-0.05, 0) is 79.3 Å².